The molecule has 1 aliphatic carbocycles. The summed E-state index contributed by atoms with van der Waals surface area (Å²) in [5, 5.41) is 0. The molecule has 1 aliphatic heterocycles. The largest absolute Gasteiger partial charge is 0.386 e. The standard InChI is InChI=1S/C17H23FN2O/c1-17(11-21-10-16(19)20-17)14-9-13(6-7-15(14)18)8-12-4-2-3-5-12/h6-7,9,12H,2-5,8,10-11H2,1H3,(H2,19,20)/t17-/m0/s1. The van der Waals surface area contributed by atoms with Gasteiger partial charge in [-0.05, 0) is 30.9 Å². The number of aliphatic imine (C=N–C) groups is 1. The van der Waals surface area contributed by atoms with E-state index in [0.29, 0.717) is 24.6 Å². The summed E-state index contributed by atoms with van der Waals surface area (Å²) < 4.78 is 19.7. The first-order valence-electron chi connectivity index (χ1n) is 7.78. The van der Waals surface area contributed by atoms with E-state index in [1.807, 2.05) is 19.1 Å². The molecule has 0 saturated heterocycles. The summed E-state index contributed by atoms with van der Waals surface area (Å²) in [4.78, 5) is 4.45. The van der Waals surface area contributed by atoms with Crippen LogP contribution in [0.5, 0.6) is 0 Å². The summed E-state index contributed by atoms with van der Waals surface area (Å²) in [6, 6.07) is 5.42. The van der Waals surface area contributed by atoms with E-state index in [4.69, 9.17) is 10.5 Å². The molecule has 1 heterocycles. The highest BCUT2D eigenvalue weighted by atomic mass is 19.1. The van der Waals surface area contributed by atoms with Crippen molar-refractivity contribution < 1.29 is 9.13 Å². The second kappa shape index (κ2) is 5.76. The smallest absolute Gasteiger partial charge is 0.128 e. The van der Waals surface area contributed by atoms with Gasteiger partial charge in [-0.15, -0.1) is 0 Å². The van der Waals surface area contributed by atoms with Crippen LogP contribution in [-0.4, -0.2) is 19.0 Å². The second-order valence-electron chi connectivity index (χ2n) is 6.54. The Hall–Kier alpha value is -1.42. The van der Waals surface area contributed by atoms with E-state index in [0.717, 1.165) is 12.3 Å². The highest BCUT2D eigenvalue weighted by molar-refractivity contribution is 5.82. The van der Waals surface area contributed by atoms with Crippen LogP contribution < -0.4 is 5.73 Å². The van der Waals surface area contributed by atoms with Gasteiger partial charge in [0.05, 0.1) is 6.61 Å². The SMILES string of the molecule is C[C@@]1(c2cc(CC3CCCC3)ccc2F)COCC(N)=N1. The van der Waals surface area contributed by atoms with Crippen molar-refractivity contribution in [2.45, 2.75) is 44.6 Å². The van der Waals surface area contributed by atoms with Gasteiger partial charge < -0.3 is 10.5 Å². The number of nitrogens with zero attached hydrogens (tertiary/aromatic N) is 1. The number of rotatable bonds is 3. The van der Waals surface area contributed by atoms with Gasteiger partial charge in [0.25, 0.3) is 0 Å². The van der Waals surface area contributed by atoms with E-state index in [9.17, 15) is 4.39 Å². The summed E-state index contributed by atoms with van der Waals surface area (Å²) in [6.45, 7) is 2.59. The molecule has 0 unspecified atom stereocenters. The average molecular weight is 290 g/mol. The Morgan fingerprint density at radius 1 is 1.38 bits per heavy atom. The zero-order chi connectivity index (χ0) is 14.9. The fourth-order valence-electron chi connectivity index (χ4n) is 3.53. The number of benzene rings is 1. The molecule has 0 bridgehead atoms. The predicted octanol–water partition coefficient (Wildman–Crippen LogP) is 3.16. The van der Waals surface area contributed by atoms with Crippen LogP contribution in [-0.2, 0) is 16.7 Å². The van der Waals surface area contributed by atoms with Crippen molar-refractivity contribution in [2.24, 2.45) is 16.6 Å². The van der Waals surface area contributed by atoms with Gasteiger partial charge in [-0.1, -0.05) is 37.8 Å². The average Bonchev–Trinajstić information content (AvgIpc) is 2.93. The topological polar surface area (TPSA) is 47.6 Å². The fraction of sp³-hybridized carbons (Fsp3) is 0.588. The number of hydrogen-bond acceptors (Lipinski definition) is 3. The van der Waals surface area contributed by atoms with Crippen molar-refractivity contribution >= 4 is 5.84 Å². The van der Waals surface area contributed by atoms with Crippen LogP contribution >= 0.6 is 0 Å². The van der Waals surface area contributed by atoms with E-state index in [2.05, 4.69) is 4.99 Å². The number of ether oxygens (including phenoxy) is 1. The van der Waals surface area contributed by atoms with E-state index in [1.165, 1.54) is 31.2 Å². The first kappa shape index (κ1) is 14.5. The molecule has 4 heteroatoms. The van der Waals surface area contributed by atoms with Crippen molar-refractivity contribution in [2.75, 3.05) is 13.2 Å². The molecule has 1 aromatic rings. The number of halogens is 1. The number of amidine groups is 1. The summed E-state index contributed by atoms with van der Waals surface area (Å²) >= 11 is 0. The summed E-state index contributed by atoms with van der Waals surface area (Å²) in [6.07, 6.45) is 6.26. The van der Waals surface area contributed by atoms with Gasteiger partial charge in [-0.25, -0.2) is 4.39 Å². The Kier molecular flexibility index (Phi) is 3.98. The van der Waals surface area contributed by atoms with Gasteiger partial charge >= 0.3 is 0 Å². The Balaban J connectivity index is 1.88. The van der Waals surface area contributed by atoms with Gasteiger partial charge in [0.15, 0.2) is 0 Å². The Morgan fingerprint density at radius 2 is 2.14 bits per heavy atom. The lowest BCUT2D eigenvalue weighted by Gasteiger charge is -2.30. The highest BCUT2D eigenvalue weighted by Crippen LogP contribution is 2.33. The van der Waals surface area contributed by atoms with Crippen molar-refractivity contribution in [1.82, 2.24) is 0 Å². The van der Waals surface area contributed by atoms with E-state index in [-0.39, 0.29) is 5.82 Å². The minimum atomic E-state index is -0.710. The molecule has 1 fully saturated rings. The van der Waals surface area contributed by atoms with Crippen molar-refractivity contribution in [1.29, 1.82) is 0 Å². The molecule has 3 rings (SSSR count). The number of hydrogen-bond donors (Lipinski definition) is 1. The third-order valence-electron chi connectivity index (χ3n) is 4.63. The van der Waals surface area contributed by atoms with Crippen LogP contribution in [0.3, 0.4) is 0 Å². The third-order valence-corrected chi connectivity index (χ3v) is 4.63. The van der Waals surface area contributed by atoms with Gasteiger partial charge in [-0.2, -0.15) is 0 Å². The summed E-state index contributed by atoms with van der Waals surface area (Å²) in [5.41, 5.74) is 6.85. The first-order chi connectivity index (χ1) is 10.1. The molecule has 1 aromatic carbocycles. The lowest BCUT2D eigenvalue weighted by atomic mass is 9.88. The molecule has 21 heavy (non-hydrogen) atoms. The Morgan fingerprint density at radius 3 is 2.86 bits per heavy atom. The van der Waals surface area contributed by atoms with Crippen LogP contribution in [0.25, 0.3) is 0 Å². The molecule has 1 atom stereocenters. The maximum absolute atomic E-state index is 14.3. The van der Waals surface area contributed by atoms with Gasteiger partial charge in [0, 0.05) is 5.56 Å². The molecular weight excluding hydrogens is 267 g/mol. The van der Waals surface area contributed by atoms with E-state index in [1.54, 1.807) is 6.07 Å². The number of nitrogens with two attached hydrogens (primary N) is 1. The predicted molar refractivity (Wildman–Crippen MR) is 81.9 cm³/mol. The molecule has 0 amide bonds. The molecular formula is C17H23FN2O. The van der Waals surface area contributed by atoms with E-state index >= 15 is 0 Å². The molecule has 0 radical (unpaired) electrons. The van der Waals surface area contributed by atoms with Crippen LogP contribution in [0.4, 0.5) is 4.39 Å². The minimum absolute atomic E-state index is 0.227. The lowest BCUT2D eigenvalue weighted by molar-refractivity contribution is 0.104. The normalized spacial score (nSPS) is 26.9. The molecule has 0 aromatic heterocycles. The highest BCUT2D eigenvalue weighted by Gasteiger charge is 2.33. The molecule has 2 aliphatic rings. The fourth-order valence-corrected chi connectivity index (χ4v) is 3.53. The van der Waals surface area contributed by atoms with Crippen molar-refractivity contribution in [3.05, 3.63) is 35.1 Å². The zero-order valence-corrected chi connectivity index (χ0v) is 12.6. The van der Waals surface area contributed by atoms with Gasteiger partial charge in [0.2, 0.25) is 0 Å². The molecule has 2 N–H and O–H groups in total. The Bertz CT molecular complexity index is 552. The maximum Gasteiger partial charge on any atom is 0.128 e. The van der Waals surface area contributed by atoms with Crippen molar-refractivity contribution in [3.8, 4) is 0 Å². The summed E-state index contributed by atoms with van der Waals surface area (Å²) in [5.74, 6) is 0.950. The van der Waals surface area contributed by atoms with Gasteiger partial charge in [-0.3, -0.25) is 4.99 Å². The summed E-state index contributed by atoms with van der Waals surface area (Å²) in [7, 11) is 0. The van der Waals surface area contributed by atoms with Crippen LogP contribution in [0.2, 0.25) is 0 Å². The van der Waals surface area contributed by atoms with E-state index < -0.39 is 5.54 Å². The van der Waals surface area contributed by atoms with Crippen molar-refractivity contribution in [3.63, 3.8) is 0 Å². The van der Waals surface area contributed by atoms with Crippen LogP contribution in [0.15, 0.2) is 23.2 Å². The van der Waals surface area contributed by atoms with Crippen LogP contribution in [0.1, 0.15) is 43.7 Å². The lowest BCUT2D eigenvalue weighted by Crippen LogP contribution is -2.38. The molecule has 114 valence electrons. The molecule has 1 saturated carbocycles. The monoisotopic (exact) mass is 290 g/mol. The zero-order valence-electron chi connectivity index (χ0n) is 12.6. The van der Waals surface area contributed by atoms with Gasteiger partial charge in [0.1, 0.15) is 23.8 Å². The minimum Gasteiger partial charge on any atom is -0.386 e. The maximum atomic E-state index is 14.3. The third kappa shape index (κ3) is 3.10. The second-order valence-corrected chi connectivity index (χ2v) is 6.54. The molecule has 0 spiro atoms. The Labute approximate surface area is 125 Å². The quantitative estimate of drug-likeness (QED) is 0.929. The first-order valence-corrected chi connectivity index (χ1v) is 7.78. The molecule has 3 nitrogen and oxygen atoms in total. The van der Waals surface area contributed by atoms with Crippen LogP contribution in [0, 0.1) is 11.7 Å².